The number of unbranched alkanes of at least 4 members (excludes halogenated alkanes) is 7. The van der Waals surface area contributed by atoms with Crippen molar-refractivity contribution in [1.82, 2.24) is 0 Å². The fourth-order valence-corrected chi connectivity index (χ4v) is 2.37. The van der Waals surface area contributed by atoms with Crippen molar-refractivity contribution in [2.24, 2.45) is 5.92 Å². The lowest BCUT2D eigenvalue weighted by Gasteiger charge is -2.18. The maximum Gasteiger partial charge on any atom is 0.332 e. The van der Waals surface area contributed by atoms with Crippen LogP contribution >= 0.6 is 0 Å². The predicted molar refractivity (Wildman–Crippen MR) is 99.4 cm³/mol. The van der Waals surface area contributed by atoms with Crippen molar-refractivity contribution in [2.75, 3.05) is 19.8 Å². The highest BCUT2D eigenvalue weighted by atomic mass is 16.6. The summed E-state index contributed by atoms with van der Waals surface area (Å²) in [6.07, 6.45) is 10.4. The van der Waals surface area contributed by atoms with E-state index in [4.69, 9.17) is 14.2 Å². The Kier molecular flexibility index (Phi) is 15.7. The van der Waals surface area contributed by atoms with Crippen molar-refractivity contribution in [3.8, 4) is 0 Å². The number of carbonyl (C=O) groups excluding carboxylic acids is 2. The summed E-state index contributed by atoms with van der Waals surface area (Å²) in [5, 5.41) is 0. The molecule has 0 heterocycles. The Morgan fingerprint density at radius 2 is 1.36 bits per heavy atom. The highest BCUT2D eigenvalue weighted by Gasteiger charge is 2.15. The van der Waals surface area contributed by atoms with Gasteiger partial charge in [0.25, 0.3) is 0 Å². The van der Waals surface area contributed by atoms with Crippen LogP contribution in [0.1, 0.15) is 85.5 Å². The van der Waals surface area contributed by atoms with E-state index < -0.39 is 11.9 Å². The Labute approximate surface area is 153 Å². The average molecular weight is 359 g/mol. The van der Waals surface area contributed by atoms with Crippen LogP contribution in [0.25, 0.3) is 0 Å². The van der Waals surface area contributed by atoms with Crippen molar-refractivity contribution in [3.63, 3.8) is 0 Å². The fourth-order valence-electron chi connectivity index (χ4n) is 2.37. The van der Waals surface area contributed by atoms with Crippen molar-refractivity contribution in [3.05, 3.63) is 0 Å². The SMILES string of the molecule is CCCCCCCCCCOC(=O)COCC(=O)OC(C)C(C)CC. The van der Waals surface area contributed by atoms with Gasteiger partial charge in [-0.25, -0.2) is 9.59 Å². The molecule has 0 aromatic rings. The molecule has 148 valence electrons. The molecule has 0 aromatic carbocycles. The third kappa shape index (κ3) is 14.9. The largest absolute Gasteiger partial charge is 0.464 e. The molecule has 0 N–H and O–H groups in total. The lowest BCUT2D eigenvalue weighted by molar-refractivity contribution is -0.159. The Hall–Kier alpha value is -1.10. The Bertz CT molecular complexity index is 343. The van der Waals surface area contributed by atoms with Crippen molar-refractivity contribution < 1.29 is 23.8 Å². The van der Waals surface area contributed by atoms with Gasteiger partial charge in [-0.05, 0) is 19.3 Å². The van der Waals surface area contributed by atoms with Crippen LogP contribution in [0.5, 0.6) is 0 Å². The molecule has 5 nitrogen and oxygen atoms in total. The van der Waals surface area contributed by atoms with E-state index in [0.717, 1.165) is 19.3 Å². The zero-order chi connectivity index (χ0) is 18.9. The number of ether oxygens (including phenoxy) is 3. The number of rotatable bonds is 16. The number of hydrogen-bond acceptors (Lipinski definition) is 5. The topological polar surface area (TPSA) is 61.8 Å². The van der Waals surface area contributed by atoms with Gasteiger partial charge in [0.15, 0.2) is 0 Å². The van der Waals surface area contributed by atoms with Crippen LogP contribution in [0.3, 0.4) is 0 Å². The number of hydrogen-bond donors (Lipinski definition) is 0. The molecule has 2 unspecified atom stereocenters. The summed E-state index contributed by atoms with van der Waals surface area (Å²) in [5.74, 6) is -0.560. The van der Waals surface area contributed by atoms with Gasteiger partial charge in [0.1, 0.15) is 19.3 Å². The van der Waals surface area contributed by atoms with E-state index in [1.165, 1.54) is 38.5 Å². The molecule has 0 aliphatic heterocycles. The van der Waals surface area contributed by atoms with Crippen LogP contribution in [0.2, 0.25) is 0 Å². The highest BCUT2D eigenvalue weighted by molar-refractivity contribution is 5.73. The first kappa shape index (κ1) is 23.9. The lowest BCUT2D eigenvalue weighted by atomic mass is 10.0. The van der Waals surface area contributed by atoms with Gasteiger partial charge in [0, 0.05) is 0 Å². The molecule has 0 fully saturated rings. The monoisotopic (exact) mass is 358 g/mol. The number of esters is 2. The van der Waals surface area contributed by atoms with Gasteiger partial charge in [-0.2, -0.15) is 0 Å². The van der Waals surface area contributed by atoms with Crippen LogP contribution in [-0.4, -0.2) is 37.9 Å². The van der Waals surface area contributed by atoms with Gasteiger partial charge in [0.05, 0.1) is 6.61 Å². The molecule has 2 atom stereocenters. The van der Waals surface area contributed by atoms with Crippen molar-refractivity contribution in [1.29, 1.82) is 0 Å². The minimum atomic E-state index is -0.441. The molecule has 0 spiro atoms. The Balaban J connectivity index is 3.48. The second-order valence-corrected chi connectivity index (χ2v) is 6.77. The van der Waals surface area contributed by atoms with E-state index in [1.54, 1.807) is 0 Å². The van der Waals surface area contributed by atoms with Crippen LogP contribution in [0, 0.1) is 5.92 Å². The van der Waals surface area contributed by atoms with Gasteiger partial charge in [-0.1, -0.05) is 72.1 Å². The third-order valence-electron chi connectivity index (χ3n) is 4.46. The molecule has 5 heteroatoms. The van der Waals surface area contributed by atoms with Crippen LogP contribution in [0.4, 0.5) is 0 Å². The summed E-state index contributed by atoms with van der Waals surface area (Å²) in [6, 6.07) is 0. The number of carbonyl (C=O) groups is 2. The average Bonchev–Trinajstić information content (AvgIpc) is 2.59. The van der Waals surface area contributed by atoms with Crippen LogP contribution in [0.15, 0.2) is 0 Å². The molecule has 0 saturated carbocycles. The van der Waals surface area contributed by atoms with E-state index in [9.17, 15) is 9.59 Å². The van der Waals surface area contributed by atoms with Gasteiger partial charge >= 0.3 is 11.9 Å². The smallest absolute Gasteiger partial charge is 0.332 e. The van der Waals surface area contributed by atoms with E-state index in [-0.39, 0.29) is 19.3 Å². The minimum absolute atomic E-state index is 0.143. The first-order valence-electron chi connectivity index (χ1n) is 9.94. The quantitative estimate of drug-likeness (QED) is 0.296. The molecule has 0 rings (SSSR count). The molecule has 0 aliphatic carbocycles. The zero-order valence-corrected chi connectivity index (χ0v) is 16.7. The molecule has 0 radical (unpaired) electrons. The van der Waals surface area contributed by atoms with E-state index in [2.05, 4.69) is 6.92 Å². The van der Waals surface area contributed by atoms with Gasteiger partial charge < -0.3 is 14.2 Å². The first-order valence-corrected chi connectivity index (χ1v) is 9.94. The first-order chi connectivity index (χ1) is 12.0. The summed E-state index contributed by atoms with van der Waals surface area (Å²) in [6.45, 7) is 8.16. The maximum atomic E-state index is 11.6. The van der Waals surface area contributed by atoms with Crippen molar-refractivity contribution >= 4 is 11.9 Å². The third-order valence-corrected chi connectivity index (χ3v) is 4.46. The summed E-state index contributed by atoms with van der Waals surface area (Å²) in [4.78, 5) is 23.1. The second-order valence-electron chi connectivity index (χ2n) is 6.77. The summed E-state index contributed by atoms with van der Waals surface area (Å²) < 4.78 is 15.4. The highest BCUT2D eigenvalue weighted by Crippen LogP contribution is 2.11. The molecule has 0 bridgehead atoms. The van der Waals surface area contributed by atoms with Gasteiger partial charge in [-0.3, -0.25) is 0 Å². The molecule has 0 aliphatic rings. The Morgan fingerprint density at radius 3 is 1.96 bits per heavy atom. The fraction of sp³-hybridized carbons (Fsp3) is 0.900. The summed E-state index contributed by atoms with van der Waals surface area (Å²) in [7, 11) is 0. The standard InChI is InChI=1S/C20H38O5/c1-5-7-8-9-10-11-12-13-14-24-19(21)15-23-16-20(22)25-18(4)17(3)6-2/h17-18H,5-16H2,1-4H3. The molecule has 0 saturated heterocycles. The lowest BCUT2D eigenvalue weighted by Crippen LogP contribution is -2.25. The molecule has 0 amide bonds. The minimum Gasteiger partial charge on any atom is -0.464 e. The molecule has 25 heavy (non-hydrogen) atoms. The summed E-state index contributed by atoms with van der Waals surface area (Å²) in [5.41, 5.74) is 0. The van der Waals surface area contributed by atoms with E-state index >= 15 is 0 Å². The van der Waals surface area contributed by atoms with E-state index in [1.807, 2.05) is 20.8 Å². The van der Waals surface area contributed by atoms with Crippen LogP contribution in [-0.2, 0) is 23.8 Å². The van der Waals surface area contributed by atoms with Gasteiger partial charge in [-0.15, -0.1) is 0 Å². The van der Waals surface area contributed by atoms with Gasteiger partial charge in [0.2, 0.25) is 0 Å². The van der Waals surface area contributed by atoms with Crippen molar-refractivity contribution in [2.45, 2.75) is 91.6 Å². The van der Waals surface area contributed by atoms with E-state index in [0.29, 0.717) is 12.5 Å². The zero-order valence-electron chi connectivity index (χ0n) is 16.7. The molecular weight excluding hydrogens is 320 g/mol. The molecule has 0 aromatic heterocycles. The molecular formula is C20H38O5. The maximum absolute atomic E-state index is 11.6. The normalized spacial score (nSPS) is 13.3. The Morgan fingerprint density at radius 1 is 0.800 bits per heavy atom. The van der Waals surface area contributed by atoms with Crippen LogP contribution < -0.4 is 0 Å². The predicted octanol–water partition coefficient (Wildman–Crippen LogP) is 4.66. The summed E-state index contributed by atoms with van der Waals surface area (Å²) >= 11 is 0. The second kappa shape index (κ2) is 16.4.